The number of carbonyl (C=O) groups is 3. The zero-order chi connectivity index (χ0) is 25.5. The van der Waals surface area contributed by atoms with Gasteiger partial charge in [0.05, 0.1) is 0 Å². The van der Waals surface area contributed by atoms with Crippen molar-refractivity contribution in [1.29, 1.82) is 0 Å². The smallest absolute Gasteiger partial charge is 0.278 e. The molecule has 3 amide bonds. The SMILES string of the molecule is COCCCN1C(=O)C(Nc2ccc(C)c(C)c2)=C(Sc2ccc(NC(=O)CC(C)C)cc2)C1=O. The van der Waals surface area contributed by atoms with Crippen LogP contribution in [0.2, 0.25) is 0 Å². The second kappa shape index (κ2) is 12.0. The van der Waals surface area contributed by atoms with Gasteiger partial charge in [-0.1, -0.05) is 31.7 Å². The Kier molecular flexibility index (Phi) is 9.12. The van der Waals surface area contributed by atoms with E-state index in [2.05, 4.69) is 10.6 Å². The van der Waals surface area contributed by atoms with Crippen LogP contribution in [-0.2, 0) is 19.1 Å². The third kappa shape index (κ3) is 6.96. The number of nitrogens with zero attached hydrogens (tertiary/aromatic N) is 1. The number of anilines is 2. The van der Waals surface area contributed by atoms with E-state index in [4.69, 9.17) is 4.74 Å². The second-order valence-corrected chi connectivity index (χ2v) is 10.1. The van der Waals surface area contributed by atoms with Crippen molar-refractivity contribution in [3.8, 4) is 0 Å². The van der Waals surface area contributed by atoms with Crippen molar-refractivity contribution in [2.45, 2.75) is 45.4 Å². The van der Waals surface area contributed by atoms with E-state index in [9.17, 15) is 14.4 Å². The van der Waals surface area contributed by atoms with Gasteiger partial charge in [-0.05, 0) is 73.7 Å². The molecule has 0 aliphatic carbocycles. The summed E-state index contributed by atoms with van der Waals surface area (Å²) in [5.41, 5.74) is 3.96. The Morgan fingerprint density at radius 2 is 1.69 bits per heavy atom. The lowest BCUT2D eigenvalue weighted by Gasteiger charge is -2.15. The van der Waals surface area contributed by atoms with E-state index in [0.717, 1.165) is 21.7 Å². The van der Waals surface area contributed by atoms with Crippen LogP contribution in [0, 0.1) is 19.8 Å². The summed E-state index contributed by atoms with van der Waals surface area (Å²) in [6, 6.07) is 13.1. The van der Waals surface area contributed by atoms with Crippen molar-refractivity contribution in [2.75, 3.05) is 30.9 Å². The first-order chi connectivity index (χ1) is 16.7. The van der Waals surface area contributed by atoms with Crippen LogP contribution >= 0.6 is 11.8 Å². The number of hydrogen-bond donors (Lipinski definition) is 2. The van der Waals surface area contributed by atoms with E-state index in [-0.39, 0.29) is 35.9 Å². The molecule has 0 unspecified atom stereocenters. The van der Waals surface area contributed by atoms with E-state index < -0.39 is 0 Å². The molecule has 0 saturated carbocycles. The minimum Gasteiger partial charge on any atom is -0.385 e. The third-order valence-corrected chi connectivity index (χ3v) is 6.67. The lowest BCUT2D eigenvalue weighted by atomic mass is 10.1. The predicted molar refractivity (Wildman–Crippen MR) is 140 cm³/mol. The summed E-state index contributed by atoms with van der Waals surface area (Å²) in [6.45, 7) is 8.77. The molecule has 0 atom stereocenters. The van der Waals surface area contributed by atoms with Gasteiger partial charge in [0.15, 0.2) is 0 Å². The standard InChI is InChI=1S/C27H33N3O4S/c1-17(2)15-23(31)28-20-9-11-22(12-10-20)35-25-24(29-21-8-7-18(3)19(4)16-21)26(32)30(27(25)33)13-6-14-34-5/h7-12,16-17,29H,6,13-15H2,1-5H3,(H,28,31). The van der Waals surface area contributed by atoms with E-state index in [0.29, 0.717) is 30.0 Å². The van der Waals surface area contributed by atoms with Crippen molar-refractivity contribution >= 4 is 40.9 Å². The number of methoxy groups -OCH3 is 1. The van der Waals surface area contributed by atoms with Gasteiger partial charge in [-0.2, -0.15) is 0 Å². The number of rotatable bonds is 11. The molecule has 1 aliphatic heterocycles. The number of aryl methyl sites for hydroxylation is 2. The highest BCUT2D eigenvalue weighted by Crippen LogP contribution is 2.36. The molecule has 0 bridgehead atoms. The molecule has 186 valence electrons. The van der Waals surface area contributed by atoms with Gasteiger partial charge >= 0.3 is 0 Å². The zero-order valence-corrected chi connectivity index (χ0v) is 21.8. The van der Waals surface area contributed by atoms with Gasteiger partial charge in [0.2, 0.25) is 5.91 Å². The summed E-state index contributed by atoms with van der Waals surface area (Å²) in [5.74, 6) is -0.426. The number of imide groups is 1. The average molecular weight is 496 g/mol. The second-order valence-electron chi connectivity index (χ2n) is 9.01. The van der Waals surface area contributed by atoms with E-state index >= 15 is 0 Å². The normalized spacial score (nSPS) is 13.7. The molecule has 2 aromatic rings. The van der Waals surface area contributed by atoms with Gasteiger partial charge in [0.25, 0.3) is 11.8 Å². The largest absolute Gasteiger partial charge is 0.385 e. The fourth-order valence-corrected chi connectivity index (χ4v) is 4.55. The average Bonchev–Trinajstić information content (AvgIpc) is 3.01. The topological polar surface area (TPSA) is 87.7 Å². The van der Waals surface area contributed by atoms with Crippen LogP contribution in [0.4, 0.5) is 11.4 Å². The summed E-state index contributed by atoms with van der Waals surface area (Å²) in [6.07, 6.45) is 1.01. The van der Waals surface area contributed by atoms with Crippen LogP contribution in [0.15, 0.2) is 58.0 Å². The van der Waals surface area contributed by atoms with E-state index in [1.165, 1.54) is 16.7 Å². The maximum atomic E-state index is 13.2. The molecule has 1 heterocycles. The van der Waals surface area contributed by atoms with Crippen molar-refractivity contribution in [2.24, 2.45) is 5.92 Å². The Morgan fingerprint density at radius 1 is 1.00 bits per heavy atom. The summed E-state index contributed by atoms with van der Waals surface area (Å²) in [7, 11) is 1.59. The molecular formula is C27H33N3O4S. The summed E-state index contributed by atoms with van der Waals surface area (Å²) in [4.78, 5) is 40.9. The Labute approximate surface area is 211 Å². The number of amides is 3. The first-order valence-electron chi connectivity index (χ1n) is 11.7. The lowest BCUT2D eigenvalue weighted by molar-refractivity contribution is -0.137. The van der Waals surface area contributed by atoms with Crippen molar-refractivity contribution in [3.05, 3.63) is 64.2 Å². The lowest BCUT2D eigenvalue weighted by Crippen LogP contribution is -2.33. The Hall–Kier alpha value is -3.10. The highest BCUT2D eigenvalue weighted by molar-refractivity contribution is 8.04. The van der Waals surface area contributed by atoms with Crippen LogP contribution < -0.4 is 10.6 Å². The Bertz CT molecular complexity index is 1130. The predicted octanol–water partition coefficient (Wildman–Crippen LogP) is 5.11. The maximum Gasteiger partial charge on any atom is 0.278 e. The van der Waals surface area contributed by atoms with Gasteiger partial charge < -0.3 is 15.4 Å². The molecule has 2 N–H and O–H groups in total. The molecule has 0 radical (unpaired) electrons. The fourth-order valence-electron chi connectivity index (χ4n) is 3.60. The zero-order valence-electron chi connectivity index (χ0n) is 20.9. The van der Waals surface area contributed by atoms with E-state index in [1.807, 2.05) is 58.0 Å². The molecule has 0 fully saturated rings. The van der Waals surface area contributed by atoms with Crippen molar-refractivity contribution in [3.63, 3.8) is 0 Å². The van der Waals surface area contributed by atoms with E-state index in [1.54, 1.807) is 19.2 Å². The molecule has 0 aromatic heterocycles. The van der Waals surface area contributed by atoms with Crippen LogP contribution in [0.1, 0.15) is 37.8 Å². The number of thioether (sulfide) groups is 1. The molecular weight excluding hydrogens is 462 g/mol. The molecule has 0 spiro atoms. The monoisotopic (exact) mass is 495 g/mol. The van der Waals surface area contributed by atoms with Crippen LogP contribution in [0.5, 0.6) is 0 Å². The molecule has 0 saturated heterocycles. The maximum absolute atomic E-state index is 13.2. The van der Waals surface area contributed by atoms with Crippen LogP contribution in [-0.4, -0.2) is 42.9 Å². The molecule has 8 heteroatoms. The highest BCUT2D eigenvalue weighted by atomic mass is 32.2. The minimum atomic E-state index is -0.343. The van der Waals surface area contributed by atoms with Gasteiger partial charge in [0, 0.05) is 43.0 Å². The van der Waals surface area contributed by atoms with Gasteiger partial charge in [-0.15, -0.1) is 0 Å². The number of benzene rings is 2. The minimum absolute atomic E-state index is 0.0359. The first-order valence-corrected chi connectivity index (χ1v) is 12.5. The third-order valence-electron chi connectivity index (χ3n) is 5.58. The molecule has 35 heavy (non-hydrogen) atoms. The fraction of sp³-hybridized carbons (Fsp3) is 0.370. The Morgan fingerprint density at radius 3 is 2.31 bits per heavy atom. The number of carbonyl (C=O) groups excluding carboxylic acids is 3. The van der Waals surface area contributed by atoms with Crippen LogP contribution in [0.3, 0.4) is 0 Å². The molecule has 7 nitrogen and oxygen atoms in total. The molecule has 1 aliphatic rings. The number of hydrogen-bond acceptors (Lipinski definition) is 6. The number of ether oxygens (including phenoxy) is 1. The molecule has 2 aromatic carbocycles. The molecule has 3 rings (SSSR count). The first kappa shape index (κ1) is 26.5. The van der Waals surface area contributed by atoms with Crippen molar-refractivity contribution in [1.82, 2.24) is 4.90 Å². The van der Waals surface area contributed by atoms with Gasteiger partial charge in [-0.3, -0.25) is 19.3 Å². The Balaban J connectivity index is 1.83. The van der Waals surface area contributed by atoms with Gasteiger partial charge in [-0.25, -0.2) is 0 Å². The summed E-state index contributed by atoms with van der Waals surface area (Å²) in [5, 5.41) is 6.08. The summed E-state index contributed by atoms with van der Waals surface area (Å²) >= 11 is 1.24. The highest BCUT2D eigenvalue weighted by Gasteiger charge is 2.38. The van der Waals surface area contributed by atoms with Gasteiger partial charge in [0.1, 0.15) is 10.6 Å². The summed E-state index contributed by atoms with van der Waals surface area (Å²) < 4.78 is 5.09. The number of nitrogens with one attached hydrogen (secondary N) is 2. The quantitative estimate of drug-likeness (QED) is 0.333. The van der Waals surface area contributed by atoms with Crippen LogP contribution in [0.25, 0.3) is 0 Å². The van der Waals surface area contributed by atoms with Crippen molar-refractivity contribution < 1.29 is 19.1 Å².